The van der Waals surface area contributed by atoms with Gasteiger partial charge in [0.2, 0.25) is 0 Å². The maximum Gasteiger partial charge on any atom is 0.123 e. The first-order valence-electron chi connectivity index (χ1n) is 7.60. The van der Waals surface area contributed by atoms with Crippen molar-refractivity contribution in [2.24, 2.45) is 11.8 Å². The van der Waals surface area contributed by atoms with E-state index in [-0.39, 0.29) is 11.9 Å². The average Bonchev–Trinajstić information content (AvgIpc) is 2.43. The summed E-state index contributed by atoms with van der Waals surface area (Å²) in [6.45, 7) is 6.74. The van der Waals surface area contributed by atoms with E-state index in [2.05, 4.69) is 26.1 Å². The quantitative estimate of drug-likeness (QED) is 0.886. The Morgan fingerprint density at radius 2 is 2.00 bits per heavy atom. The van der Waals surface area contributed by atoms with Gasteiger partial charge in [-0.25, -0.2) is 4.39 Å². The van der Waals surface area contributed by atoms with Crippen molar-refractivity contribution < 1.29 is 9.13 Å². The fourth-order valence-electron chi connectivity index (χ4n) is 3.19. The molecule has 1 aliphatic carbocycles. The summed E-state index contributed by atoms with van der Waals surface area (Å²) in [7, 11) is 1.63. The van der Waals surface area contributed by atoms with Crippen LogP contribution in [0.4, 0.5) is 4.39 Å². The molecule has 20 heavy (non-hydrogen) atoms. The SMILES string of the molecule is COc1ccc(F)cc1C(C)NC1CCC(C)C(C)C1. The first kappa shape index (κ1) is 15.3. The number of halogens is 1. The Morgan fingerprint density at radius 1 is 1.25 bits per heavy atom. The van der Waals surface area contributed by atoms with Crippen LogP contribution in [0.25, 0.3) is 0 Å². The Bertz CT molecular complexity index is 449. The highest BCUT2D eigenvalue weighted by molar-refractivity contribution is 5.36. The third kappa shape index (κ3) is 3.51. The van der Waals surface area contributed by atoms with E-state index in [4.69, 9.17) is 4.74 Å². The van der Waals surface area contributed by atoms with Crippen molar-refractivity contribution in [1.82, 2.24) is 5.32 Å². The molecular weight excluding hydrogens is 253 g/mol. The molecule has 1 saturated carbocycles. The molecule has 0 saturated heterocycles. The van der Waals surface area contributed by atoms with Crippen LogP contribution in [0.3, 0.4) is 0 Å². The Kier molecular flexibility index (Phi) is 5.03. The van der Waals surface area contributed by atoms with E-state index in [1.807, 2.05) is 0 Å². The van der Waals surface area contributed by atoms with Crippen LogP contribution < -0.4 is 10.1 Å². The van der Waals surface area contributed by atoms with Gasteiger partial charge in [0.1, 0.15) is 11.6 Å². The molecule has 4 unspecified atom stereocenters. The molecule has 1 fully saturated rings. The van der Waals surface area contributed by atoms with E-state index < -0.39 is 0 Å². The molecule has 0 aliphatic heterocycles. The zero-order valence-electron chi connectivity index (χ0n) is 12.9. The molecule has 3 heteroatoms. The second-order valence-corrected chi connectivity index (χ2v) is 6.24. The number of hydrogen-bond donors (Lipinski definition) is 1. The first-order chi connectivity index (χ1) is 9.51. The molecule has 1 N–H and O–H groups in total. The summed E-state index contributed by atoms with van der Waals surface area (Å²) in [4.78, 5) is 0. The lowest BCUT2D eigenvalue weighted by Crippen LogP contribution is -2.37. The lowest BCUT2D eigenvalue weighted by molar-refractivity contribution is 0.216. The van der Waals surface area contributed by atoms with Gasteiger partial charge >= 0.3 is 0 Å². The Hall–Kier alpha value is -1.09. The highest BCUT2D eigenvalue weighted by atomic mass is 19.1. The standard InChI is InChI=1S/C17H26FNO/c1-11-5-7-15(9-12(11)2)19-13(3)16-10-14(18)6-8-17(16)20-4/h6,8,10-13,15,19H,5,7,9H2,1-4H3. The minimum Gasteiger partial charge on any atom is -0.496 e. The fraction of sp³-hybridized carbons (Fsp3) is 0.647. The lowest BCUT2D eigenvalue weighted by Gasteiger charge is -2.34. The molecule has 2 nitrogen and oxygen atoms in total. The maximum absolute atomic E-state index is 13.5. The molecule has 0 heterocycles. The molecule has 2 rings (SSSR count). The molecule has 1 aliphatic rings. The molecule has 0 aromatic heterocycles. The van der Waals surface area contributed by atoms with Crippen molar-refractivity contribution in [1.29, 1.82) is 0 Å². The summed E-state index contributed by atoms with van der Waals surface area (Å²) in [6.07, 6.45) is 3.67. The molecule has 1 aromatic carbocycles. The van der Waals surface area contributed by atoms with Crippen LogP contribution in [0, 0.1) is 17.7 Å². The minimum atomic E-state index is -0.208. The van der Waals surface area contributed by atoms with Gasteiger partial charge < -0.3 is 10.1 Å². The van der Waals surface area contributed by atoms with Crippen LogP contribution >= 0.6 is 0 Å². The van der Waals surface area contributed by atoms with Crippen molar-refractivity contribution >= 4 is 0 Å². The third-order valence-corrected chi connectivity index (χ3v) is 4.74. The van der Waals surface area contributed by atoms with Crippen LogP contribution in [-0.4, -0.2) is 13.2 Å². The van der Waals surface area contributed by atoms with Gasteiger partial charge in [0.15, 0.2) is 0 Å². The molecule has 0 radical (unpaired) electrons. The number of rotatable bonds is 4. The minimum absolute atomic E-state index is 0.103. The van der Waals surface area contributed by atoms with Crippen molar-refractivity contribution in [2.75, 3.05) is 7.11 Å². The zero-order chi connectivity index (χ0) is 14.7. The smallest absolute Gasteiger partial charge is 0.123 e. The molecular formula is C17H26FNO. The summed E-state index contributed by atoms with van der Waals surface area (Å²) < 4.78 is 18.8. The topological polar surface area (TPSA) is 21.3 Å². The van der Waals surface area contributed by atoms with Crippen LogP contribution in [-0.2, 0) is 0 Å². The highest BCUT2D eigenvalue weighted by Gasteiger charge is 2.26. The highest BCUT2D eigenvalue weighted by Crippen LogP contribution is 2.32. The number of ether oxygens (including phenoxy) is 1. The largest absolute Gasteiger partial charge is 0.496 e. The predicted molar refractivity (Wildman–Crippen MR) is 80.5 cm³/mol. The van der Waals surface area contributed by atoms with Crippen molar-refractivity contribution in [3.63, 3.8) is 0 Å². The second kappa shape index (κ2) is 6.57. The van der Waals surface area contributed by atoms with Crippen LogP contribution in [0.1, 0.15) is 51.6 Å². The van der Waals surface area contributed by atoms with E-state index in [9.17, 15) is 4.39 Å². The van der Waals surface area contributed by atoms with Crippen molar-refractivity contribution in [2.45, 2.75) is 52.1 Å². The van der Waals surface area contributed by atoms with Gasteiger partial charge in [0, 0.05) is 17.6 Å². The van der Waals surface area contributed by atoms with E-state index >= 15 is 0 Å². The maximum atomic E-state index is 13.5. The number of benzene rings is 1. The lowest BCUT2D eigenvalue weighted by atomic mass is 9.79. The molecule has 0 spiro atoms. The monoisotopic (exact) mass is 279 g/mol. The Morgan fingerprint density at radius 3 is 2.65 bits per heavy atom. The molecule has 4 atom stereocenters. The van der Waals surface area contributed by atoms with Gasteiger partial charge in [-0.3, -0.25) is 0 Å². The van der Waals surface area contributed by atoms with Gasteiger partial charge in [-0.1, -0.05) is 13.8 Å². The summed E-state index contributed by atoms with van der Waals surface area (Å²) in [5, 5.41) is 3.64. The summed E-state index contributed by atoms with van der Waals surface area (Å²) in [6, 6.07) is 5.34. The Labute approximate surface area is 121 Å². The van der Waals surface area contributed by atoms with Gasteiger partial charge in [0.25, 0.3) is 0 Å². The summed E-state index contributed by atoms with van der Waals surface area (Å²) in [5.41, 5.74) is 0.902. The molecule has 112 valence electrons. The van der Waals surface area contributed by atoms with Crippen LogP contribution in [0.5, 0.6) is 5.75 Å². The van der Waals surface area contributed by atoms with E-state index in [0.29, 0.717) is 6.04 Å². The molecule has 0 bridgehead atoms. The number of nitrogens with one attached hydrogen (secondary N) is 1. The van der Waals surface area contributed by atoms with E-state index in [1.165, 1.54) is 25.3 Å². The van der Waals surface area contributed by atoms with Crippen LogP contribution in [0.2, 0.25) is 0 Å². The molecule has 0 amide bonds. The van der Waals surface area contributed by atoms with Gasteiger partial charge in [-0.05, 0) is 56.2 Å². The molecule has 1 aromatic rings. The normalized spacial score (nSPS) is 28.1. The Balaban J connectivity index is 2.04. The van der Waals surface area contributed by atoms with Crippen molar-refractivity contribution in [3.05, 3.63) is 29.6 Å². The summed E-state index contributed by atoms with van der Waals surface area (Å²) >= 11 is 0. The van der Waals surface area contributed by atoms with Crippen LogP contribution in [0.15, 0.2) is 18.2 Å². The fourth-order valence-corrected chi connectivity index (χ4v) is 3.19. The van der Waals surface area contributed by atoms with Gasteiger partial charge in [-0.15, -0.1) is 0 Å². The van der Waals surface area contributed by atoms with E-state index in [0.717, 1.165) is 23.1 Å². The number of hydrogen-bond acceptors (Lipinski definition) is 2. The van der Waals surface area contributed by atoms with Crippen molar-refractivity contribution in [3.8, 4) is 5.75 Å². The third-order valence-electron chi connectivity index (χ3n) is 4.74. The van der Waals surface area contributed by atoms with E-state index in [1.54, 1.807) is 19.2 Å². The summed E-state index contributed by atoms with van der Waals surface area (Å²) in [5.74, 6) is 2.11. The first-order valence-corrected chi connectivity index (χ1v) is 7.60. The zero-order valence-corrected chi connectivity index (χ0v) is 12.9. The average molecular weight is 279 g/mol. The number of methoxy groups -OCH3 is 1. The predicted octanol–water partition coefficient (Wildman–Crippen LogP) is 4.31. The van der Waals surface area contributed by atoms with Gasteiger partial charge in [0.05, 0.1) is 7.11 Å². The van der Waals surface area contributed by atoms with Gasteiger partial charge in [-0.2, -0.15) is 0 Å². The second-order valence-electron chi connectivity index (χ2n) is 6.24.